The summed E-state index contributed by atoms with van der Waals surface area (Å²) in [6, 6.07) is 16.1. The molecule has 3 atom stereocenters. The Hall–Kier alpha value is -3.07. The van der Waals surface area contributed by atoms with E-state index < -0.39 is 5.82 Å². The average molecular weight is 482 g/mol. The van der Waals surface area contributed by atoms with Crippen LogP contribution in [0.3, 0.4) is 0 Å². The number of anilines is 1. The van der Waals surface area contributed by atoms with Gasteiger partial charge in [-0.3, -0.25) is 15.0 Å². The third-order valence-electron chi connectivity index (χ3n) is 6.67. The summed E-state index contributed by atoms with van der Waals surface area (Å²) in [6.45, 7) is 0.605. The first-order valence-corrected chi connectivity index (χ1v) is 12.7. The molecule has 5 rings (SSSR count). The summed E-state index contributed by atoms with van der Waals surface area (Å²) in [5.41, 5.74) is 4.77. The largest absolute Gasteiger partial charge is 0.325 e. The maximum atomic E-state index is 13.4. The molecule has 2 aliphatic heterocycles. The van der Waals surface area contributed by atoms with Gasteiger partial charge < -0.3 is 15.1 Å². The van der Waals surface area contributed by atoms with Gasteiger partial charge in [0.2, 0.25) is 11.8 Å². The quantitative estimate of drug-likeness (QED) is 0.659. The molecular formula is C25H28FN5O2S. The first-order valence-electron chi connectivity index (χ1n) is 11.7. The average Bonchev–Trinajstić information content (AvgIpc) is 3.27. The maximum Gasteiger partial charge on any atom is 0.234 e. The first kappa shape index (κ1) is 22.7. The maximum absolute atomic E-state index is 13.4. The lowest BCUT2D eigenvalue weighted by atomic mass is 9.81. The topological polar surface area (TPSA) is 77.0 Å². The molecule has 3 aliphatic rings. The van der Waals surface area contributed by atoms with Crippen LogP contribution in [0.5, 0.6) is 0 Å². The van der Waals surface area contributed by atoms with Crippen molar-refractivity contribution < 1.29 is 14.0 Å². The van der Waals surface area contributed by atoms with Crippen molar-refractivity contribution in [3.8, 4) is 0 Å². The molecule has 1 aliphatic carbocycles. The number of thioether (sulfide) groups is 1. The Morgan fingerprint density at radius 1 is 1.15 bits per heavy atom. The van der Waals surface area contributed by atoms with Crippen molar-refractivity contribution in [2.24, 2.45) is 11.0 Å². The fourth-order valence-electron chi connectivity index (χ4n) is 5.07. The van der Waals surface area contributed by atoms with Crippen molar-refractivity contribution in [2.75, 3.05) is 17.6 Å². The van der Waals surface area contributed by atoms with Crippen LogP contribution < -0.4 is 10.7 Å². The summed E-state index contributed by atoms with van der Waals surface area (Å²) in [5, 5.41) is 7.99. The minimum Gasteiger partial charge on any atom is -0.325 e. The van der Waals surface area contributed by atoms with Gasteiger partial charge in [-0.05, 0) is 43.0 Å². The van der Waals surface area contributed by atoms with Gasteiger partial charge in [0.05, 0.1) is 11.7 Å². The Morgan fingerprint density at radius 2 is 1.97 bits per heavy atom. The van der Waals surface area contributed by atoms with Gasteiger partial charge in [-0.1, -0.05) is 61.0 Å². The van der Waals surface area contributed by atoms with E-state index in [0.717, 1.165) is 37.3 Å². The van der Waals surface area contributed by atoms with Gasteiger partial charge in [-0.25, -0.2) is 4.39 Å². The van der Waals surface area contributed by atoms with E-state index in [9.17, 15) is 14.0 Å². The van der Waals surface area contributed by atoms with E-state index in [4.69, 9.17) is 0 Å². The number of carbonyl (C=O) groups excluding carboxylic acids is 2. The number of amides is 2. The fraction of sp³-hybridized carbons (Fsp3) is 0.400. The summed E-state index contributed by atoms with van der Waals surface area (Å²) in [7, 11) is 0. The number of fused-ring (bicyclic) bond motifs is 3. The highest BCUT2D eigenvalue weighted by atomic mass is 32.2. The van der Waals surface area contributed by atoms with Gasteiger partial charge in [-0.15, -0.1) is 0 Å². The minimum atomic E-state index is -0.394. The van der Waals surface area contributed by atoms with Gasteiger partial charge >= 0.3 is 0 Å². The second-order valence-corrected chi connectivity index (χ2v) is 9.82. The molecular weight excluding hydrogens is 453 g/mol. The molecule has 2 heterocycles. The molecule has 34 heavy (non-hydrogen) atoms. The smallest absolute Gasteiger partial charge is 0.234 e. The van der Waals surface area contributed by atoms with Gasteiger partial charge in [0.15, 0.2) is 11.5 Å². The number of hydrogen-bond acceptors (Lipinski definition) is 6. The molecule has 0 bridgehead atoms. The van der Waals surface area contributed by atoms with E-state index in [1.807, 2.05) is 23.1 Å². The number of nitrogens with zero attached hydrogens (tertiary/aromatic N) is 3. The predicted octanol–water partition coefficient (Wildman–Crippen LogP) is 3.60. The molecule has 1 saturated carbocycles. The van der Waals surface area contributed by atoms with Crippen molar-refractivity contribution in [3.05, 3.63) is 66.0 Å². The van der Waals surface area contributed by atoms with Gasteiger partial charge in [-0.2, -0.15) is 5.10 Å². The highest BCUT2D eigenvalue weighted by molar-refractivity contribution is 8.14. The molecule has 2 fully saturated rings. The Bertz CT molecular complexity index is 1080. The third-order valence-corrected chi connectivity index (χ3v) is 7.63. The number of halogens is 1. The van der Waals surface area contributed by atoms with Gasteiger partial charge in [0.25, 0.3) is 0 Å². The second kappa shape index (κ2) is 10.0. The van der Waals surface area contributed by atoms with Crippen LogP contribution in [0.4, 0.5) is 10.1 Å². The lowest BCUT2D eigenvalue weighted by molar-refractivity contribution is -0.155. The highest BCUT2D eigenvalue weighted by Crippen LogP contribution is 2.38. The normalized spacial score (nSPS) is 23.6. The molecule has 2 aromatic carbocycles. The summed E-state index contributed by atoms with van der Waals surface area (Å²) in [5.74, 6) is -0.326. The van der Waals surface area contributed by atoms with Crippen LogP contribution in [0, 0.1) is 11.7 Å². The molecule has 2 amide bonds. The molecule has 2 aromatic rings. The Kier molecular flexibility index (Phi) is 6.71. The molecule has 0 radical (unpaired) electrons. The second-order valence-electron chi connectivity index (χ2n) is 8.88. The Balaban J connectivity index is 1.27. The van der Waals surface area contributed by atoms with Crippen LogP contribution in [-0.2, 0) is 16.0 Å². The number of hydrazone groups is 1. The Morgan fingerprint density at radius 3 is 2.79 bits per heavy atom. The molecule has 0 spiro atoms. The van der Waals surface area contributed by atoms with Crippen LogP contribution in [0.1, 0.15) is 31.2 Å². The monoisotopic (exact) mass is 481 g/mol. The van der Waals surface area contributed by atoms with Crippen molar-refractivity contribution >= 4 is 34.4 Å². The van der Waals surface area contributed by atoms with Crippen molar-refractivity contribution in [3.63, 3.8) is 0 Å². The molecule has 7 nitrogen and oxygen atoms in total. The fourth-order valence-corrected chi connectivity index (χ4v) is 5.91. The van der Waals surface area contributed by atoms with E-state index in [2.05, 4.69) is 32.9 Å². The van der Waals surface area contributed by atoms with Crippen LogP contribution in [0.2, 0.25) is 0 Å². The van der Waals surface area contributed by atoms with E-state index in [1.54, 1.807) is 12.1 Å². The van der Waals surface area contributed by atoms with Crippen molar-refractivity contribution in [1.82, 2.24) is 15.2 Å². The number of nitrogens with one attached hydrogen (secondary N) is 2. The zero-order valence-electron chi connectivity index (χ0n) is 18.8. The third kappa shape index (κ3) is 4.75. The van der Waals surface area contributed by atoms with Gasteiger partial charge in [0.1, 0.15) is 5.82 Å². The first-order chi connectivity index (χ1) is 16.6. The van der Waals surface area contributed by atoms with Gasteiger partial charge in [0, 0.05) is 18.3 Å². The number of carbonyl (C=O) groups is 2. The number of amidine groups is 1. The molecule has 178 valence electrons. The van der Waals surface area contributed by atoms with E-state index in [1.165, 1.54) is 29.5 Å². The summed E-state index contributed by atoms with van der Waals surface area (Å²) in [4.78, 5) is 30.0. The van der Waals surface area contributed by atoms with E-state index >= 15 is 0 Å². The van der Waals surface area contributed by atoms with E-state index in [-0.39, 0.29) is 35.8 Å². The van der Waals surface area contributed by atoms with Crippen LogP contribution in [-0.4, -0.2) is 51.4 Å². The minimum absolute atomic E-state index is 0.0485. The zero-order chi connectivity index (χ0) is 23.5. The van der Waals surface area contributed by atoms with Crippen molar-refractivity contribution in [1.29, 1.82) is 0 Å². The summed E-state index contributed by atoms with van der Waals surface area (Å²) in [6.07, 6.45) is 4.40. The number of rotatable bonds is 6. The van der Waals surface area contributed by atoms with Crippen LogP contribution >= 0.6 is 11.8 Å². The summed E-state index contributed by atoms with van der Waals surface area (Å²) < 4.78 is 13.4. The molecule has 1 saturated heterocycles. The van der Waals surface area contributed by atoms with Crippen LogP contribution in [0.25, 0.3) is 0 Å². The summed E-state index contributed by atoms with van der Waals surface area (Å²) >= 11 is 1.34. The molecule has 2 N–H and O–H groups in total. The van der Waals surface area contributed by atoms with E-state index in [0.29, 0.717) is 12.2 Å². The van der Waals surface area contributed by atoms with Crippen LogP contribution in [0.15, 0.2) is 59.7 Å². The number of benzene rings is 2. The van der Waals surface area contributed by atoms with Crippen molar-refractivity contribution in [2.45, 2.75) is 44.4 Å². The Labute approximate surface area is 202 Å². The highest BCUT2D eigenvalue weighted by Gasteiger charge is 2.50. The SMILES string of the molecule is O=C(CSC1=NNC2N(CCc3ccccc3)C(=O)C3CCCCC3N12)Nc1cccc(F)c1. The standard InChI is InChI=1S/C25H28FN5O2S/c26-18-9-6-10-19(15-18)27-22(32)16-34-25-29-28-24-30(14-13-17-7-2-1-3-8-17)23(33)20-11-4-5-12-21(20)31(24)25/h1-3,6-10,15,20-21,24,28H,4-5,11-14,16H2,(H,27,32). The molecule has 0 aromatic heterocycles. The molecule has 9 heteroatoms. The zero-order valence-corrected chi connectivity index (χ0v) is 19.6. The molecule has 3 unspecified atom stereocenters. The number of hydrogen-bond donors (Lipinski definition) is 2. The lowest BCUT2D eigenvalue weighted by Gasteiger charge is -2.50. The lowest BCUT2D eigenvalue weighted by Crippen LogP contribution is -2.67. The predicted molar refractivity (Wildman–Crippen MR) is 131 cm³/mol.